The van der Waals surface area contributed by atoms with Gasteiger partial charge >= 0.3 is 5.97 Å². The van der Waals surface area contributed by atoms with E-state index in [4.69, 9.17) is 4.74 Å². The van der Waals surface area contributed by atoms with Crippen LogP contribution in [0.1, 0.15) is 56.0 Å². The molecule has 6 heteroatoms. The van der Waals surface area contributed by atoms with Gasteiger partial charge in [-0.2, -0.15) is 0 Å². The van der Waals surface area contributed by atoms with Crippen molar-refractivity contribution >= 4 is 23.6 Å². The molecule has 2 atom stereocenters. The molecule has 6 nitrogen and oxygen atoms in total. The second-order valence-electron chi connectivity index (χ2n) is 6.96. The minimum atomic E-state index is -1.14. The molecule has 28 heavy (non-hydrogen) atoms. The fourth-order valence-electron chi connectivity index (χ4n) is 3.21. The van der Waals surface area contributed by atoms with Crippen molar-refractivity contribution in [2.24, 2.45) is 0 Å². The van der Waals surface area contributed by atoms with Crippen LogP contribution in [-0.2, 0) is 9.53 Å². The molecule has 0 bridgehead atoms. The van der Waals surface area contributed by atoms with E-state index < -0.39 is 29.9 Å². The van der Waals surface area contributed by atoms with Crippen molar-refractivity contribution in [2.45, 2.75) is 39.8 Å². The Hall–Kier alpha value is -3.28. The smallest absolute Gasteiger partial charge is 0.329 e. The summed E-state index contributed by atoms with van der Waals surface area (Å²) < 4.78 is 5.30. The van der Waals surface area contributed by atoms with Crippen LogP contribution >= 0.6 is 0 Å². The lowest BCUT2D eigenvalue weighted by atomic mass is 9.99. The summed E-state index contributed by atoms with van der Waals surface area (Å²) in [6.07, 6.45) is -1.04. The Labute approximate surface area is 163 Å². The maximum Gasteiger partial charge on any atom is 0.329 e. The number of carbonyl (C=O) groups excluding carboxylic acids is 4. The van der Waals surface area contributed by atoms with Crippen LogP contribution in [-0.4, -0.2) is 40.6 Å². The summed E-state index contributed by atoms with van der Waals surface area (Å²) in [5, 5.41) is 0. The van der Waals surface area contributed by atoms with Crippen LogP contribution in [0.4, 0.5) is 0 Å². The number of nitrogens with zero attached hydrogens (tertiary/aromatic N) is 1. The fourth-order valence-corrected chi connectivity index (χ4v) is 3.21. The van der Waals surface area contributed by atoms with Crippen LogP contribution < -0.4 is 0 Å². The van der Waals surface area contributed by atoms with Crippen LogP contribution in [0.5, 0.6) is 0 Å². The lowest BCUT2D eigenvalue weighted by Gasteiger charge is -2.23. The SMILES string of the molecule is Cc1ccc(C)c(C(=O)[C@@H](C)OC(=O)[C@H](C)N2C(=O)c3ccccc3C2=O)c1. The largest absolute Gasteiger partial charge is 0.453 e. The van der Waals surface area contributed by atoms with E-state index in [2.05, 4.69) is 0 Å². The number of aryl methyl sites for hydroxylation is 2. The number of amides is 2. The summed E-state index contributed by atoms with van der Waals surface area (Å²) >= 11 is 0. The van der Waals surface area contributed by atoms with Gasteiger partial charge < -0.3 is 4.74 Å². The summed E-state index contributed by atoms with van der Waals surface area (Å²) in [7, 11) is 0. The summed E-state index contributed by atoms with van der Waals surface area (Å²) in [4.78, 5) is 51.1. The third-order valence-electron chi connectivity index (χ3n) is 4.87. The second kappa shape index (κ2) is 7.38. The van der Waals surface area contributed by atoms with Crippen molar-refractivity contribution in [2.75, 3.05) is 0 Å². The lowest BCUT2D eigenvalue weighted by Crippen LogP contribution is -2.45. The second-order valence-corrected chi connectivity index (χ2v) is 6.96. The molecule has 0 saturated heterocycles. The van der Waals surface area contributed by atoms with Gasteiger partial charge in [0.2, 0.25) is 5.78 Å². The van der Waals surface area contributed by atoms with E-state index >= 15 is 0 Å². The molecule has 0 spiro atoms. The van der Waals surface area contributed by atoms with Gasteiger partial charge in [-0.15, -0.1) is 0 Å². The van der Waals surface area contributed by atoms with Gasteiger partial charge in [0.25, 0.3) is 11.8 Å². The molecule has 0 saturated carbocycles. The van der Waals surface area contributed by atoms with Gasteiger partial charge in [-0.1, -0.05) is 29.8 Å². The van der Waals surface area contributed by atoms with Crippen LogP contribution in [0.3, 0.4) is 0 Å². The summed E-state index contributed by atoms with van der Waals surface area (Å²) in [5.41, 5.74) is 2.70. The van der Waals surface area contributed by atoms with Gasteiger partial charge in [0, 0.05) is 5.56 Å². The van der Waals surface area contributed by atoms with Crippen molar-refractivity contribution in [1.29, 1.82) is 0 Å². The zero-order valence-electron chi connectivity index (χ0n) is 16.2. The van der Waals surface area contributed by atoms with Crippen molar-refractivity contribution in [1.82, 2.24) is 4.90 Å². The first-order valence-corrected chi connectivity index (χ1v) is 9.01. The van der Waals surface area contributed by atoms with Crippen LogP contribution in [0.15, 0.2) is 42.5 Å². The summed E-state index contributed by atoms with van der Waals surface area (Å²) in [5.74, 6) is -2.22. The Morgan fingerprint density at radius 2 is 1.50 bits per heavy atom. The normalized spacial score (nSPS) is 15.2. The third-order valence-corrected chi connectivity index (χ3v) is 4.87. The fraction of sp³-hybridized carbons (Fsp3) is 0.273. The molecule has 0 aromatic heterocycles. The maximum atomic E-state index is 12.7. The number of ketones is 1. The number of carbonyl (C=O) groups is 4. The molecule has 2 amide bonds. The zero-order chi connectivity index (χ0) is 20.6. The summed E-state index contributed by atoms with van der Waals surface area (Å²) in [6, 6.07) is 10.7. The Morgan fingerprint density at radius 3 is 2.07 bits per heavy atom. The van der Waals surface area contributed by atoms with Crippen LogP contribution in [0.2, 0.25) is 0 Å². The number of hydrogen-bond donors (Lipinski definition) is 0. The minimum Gasteiger partial charge on any atom is -0.453 e. The van der Waals surface area contributed by atoms with Crippen molar-refractivity contribution in [3.8, 4) is 0 Å². The highest BCUT2D eigenvalue weighted by Crippen LogP contribution is 2.25. The number of imide groups is 1. The Kier molecular flexibility index (Phi) is 5.14. The summed E-state index contributed by atoms with van der Waals surface area (Å²) in [6.45, 7) is 6.58. The lowest BCUT2D eigenvalue weighted by molar-refractivity contribution is -0.150. The Morgan fingerprint density at radius 1 is 0.929 bits per heavy atom. The highest BCUT2D eigenvalue weighted by atomic mass is 16.5. The quantitative estimate of drug-likeness (QED) is 0.453. The highest BCUT2D eigenvalue weighted by molar-refractivity contribution is 6.22. The first-order chi connectivity index (χ1) is 13.2. The molecule has 2 aromatic carbocycles. The Bertz CT molecular complexity index is 959. The minimum absolute atomic E-state index is 0.256. The van der Waals surface area contributed by atoms with Crippen LogP contribution in [0, 0.1) is 13.8 Å². The molecular formula is C22H21NO5. The van der Waals surface area contributed by atoms with Gasteiger partial charge in [0.15, 0.2) is 6.10 Å². The number of Topliss-reactive ketones (excluding diaryl/α,β-unsaturated/α-hetero) is 1. The van der Waals surface area contributed by atoms with E-state index in [0.29, 0.717) is 5.56 Å². The predicted octanol–water partition coefficient (Wildman–Crippen LogP) is 3.10. The van der Waals surface area contributed by atoms with E-state index in [0.717, 1.165) is 16.0 Å². The van der Waals surface area contributed by atoms with E-state index in [9.17, 15) is 19.2 Å². The molecule has 1 aliphatic heterocycles. The number of benzene rings is 2. The van der Waals surface area contributed by atoms with Crippen molar-refractivity contribution in [3.63, 3.8) is 0 Å². The molecule has 1 aliphatic rings. The predicted molar refractivity (Wildman–Crippen MR) is 102 cm³/mol. The molecule has 1 heterocycles. The Balaban J connectivity index is 1.74. The average molecular weight is 379 g/mol. The molecule has 0 radical (unpaired) electrons. The molecule has 144 valence electrons. The van der Waals surface area contributed by atoms with Gasteiger partial charge in [0.1, 0.15) is 6.04 Å². The van der Waals surface area contributed by atoms with Gasteiger partial charge in [-0.25, -0.2) is 4.79 Å². The molecule has 3 rings (SSSR count). The van der Waals surface area contributed by atoms with Gasteiger partial charge in [-0.05, 0) is 51.5 Å². The number of ether oxygens (including phenoxy) is 1. The van der Waals surface area contributed by atoms with Gasteiger partial charge in [0.05, 0.1) is 11.1 Å². The molecule has 0 unspecified atom stereocenters. The standard InChI is InChI=1S/C22H21NO5/c1-12-9-10-13(2)18(11-12)19(24)15(4)28-22(27)14(3)23-20(25)16-7-5-6-8-17(16)21(23)26/h5-11,14-15H,1-4H3/t14-,15+/m0/s1. The van der Waals surface area contributed by atoms with E-state index in [1.54, 1.807) is 30.3 Å². The van der Waals surface area contributed by atoms with E-state index in [1.807, 2.05) is 26.0 Å². The monoisotopic (exact) mass is 379 g/mol. The maximum absolute atomic E-state index is 12.7. The topological polar surface area (TPSA) is 80.8 Å². The van der Waals surface area contributed by atoms with Gasteiger partial charge in [-0.3, -0.25) is 19.3 Å². The number of fused-ring (bicyclic) bond motifs is 1. The van der Waals surface area contributed by atoms with Crippen molar-refractivity contribution < 1.29 is 23.9 Å². The van der Waals surface area contributed by atoms with E-state index in [1.165, 1.54) is 13.8 Å². The van der Waals surface area contributed by atoms with E-state index in [-0.39, 0.29) is 16.9 Å². The van der Waals surface area contributed by atoms with Crippen LogP contribution in [0.25, 0.3) is 0 Å². The van der Waals surface area contributed by atoms with Crippen molar-refractivity contribution in [3.05, 3.63) is 70.3 Å². The molecule has 2 aromatic rings. The zero-order valence-corrected chi connectivity index (χ0v) is 16.2. The first kappa shape index (κ1) is 19.5. The molecule has 0 aliphatic carbocycles. The number of hydrogen-bond acceptors (Lipinski definition) is 5. The highest BCUT2D eigenvalue weighted by Gasteiger charge is 2.41. The average Bonchev–Trinajstić information content (AvgIpc) is 2.93. The molecule has 0 fully saturated rings. The molecule has 0 N–H and O–H groups in total. The number of esters is 1. The third kappa shape index (κ3) is 3.33. The number of rotatable bonds is 5. The first-order valence-electron chi connectivity index (χ1n) is 9.01. The molecular weight excluding hydrogens is 358 g/mol.